The van der Waals surface area contributed by atoms with Gasteiger partial charge in [-0.2, -0.15) is 0 Å². The molecule has 0 aliphatic heterocycles. The fourth-order valence-corrected chi connectivity index (χ4v) is 4.80. The predicted molar refractivity (Wildman–Crippen MR) is 150 cm³/mol. The van der Waals surface area contributed by atoms with E-state index in [4.69, 9.17) is 14.5 Å². The molecule has 1 heterocycles. The van der Waals surface area contributed by atoms with Crippen molar-refractivity contribution in [2.45, 2.75) is 18.9 Å². The molecule has 0 radical (unpaired) electrons. The maximum atomic E-state index is 13.9. The molecule has 0 fully saturated rings. The molecule has 4 aromatic carbocycles. The molecule has 0 saturated heterocycles. The van der Waals surface area contributed by atoms with E-state index in [2.05, 4.69) is 22.0 Å². The number of imidazole rings is 1. The van der Waals surface area contributed by atoms with Gasteiger partial charge in [-0.25, -0.2) is 4.98 Å². The summed E-state index contributed by atoms with van der Waals surface area (Å²) in [7, 11) is 3.24. The van der Waals surface area contributed by atoms with E-state index in [0.717, 1.165) is 33.5 Å². The molecule has 1 N–H and O–H groups in total. The normalized spacial score (nSPS) is 11.7. The van der Waals surface area contributed by atoms with Crippen LogP contribution in [-0.2, 0) is 17.6 Å². The molecule has 0 aliphatic rings. The van der Waals surface area contributed by atoms with Crippen LogP contribution in [0.3, 0.4) is 0 Å². The van der Waals surface area contributed by atoms with E-state index in [0.29, 0.717) is 30.9 Å². The highest BCUT2D eigenvalue weighted by Gasteiger charge is 2.27. The van der Waals surface area contributed by atoms with E-state index < -0.39 is 6.04 Å². The minimum atomic E-state index is -0.562. The molecule has 0 bridgehead atoms. The lowest BCUT2D eigenvalue weighted by atomic mass is 10.0. The molecule has 0 saturated carbocycles. The van der Waals surface area contributed by atoms with Gasteiger partial charge >= 0.3 is 0 Å². The summed E-state index contributed by atoms with van der Waals surface area (Å²) in [4.78, 5) is 18.9. The Hall–Kier alpha value is -4.58. The van der Waals surface area contributed by atoms with Crippen molar-refractivity contribution in [1.82, 2.24) is 14.9 Å². The van der Waals surface area contributed by atoms with Crippen LogP contribution in [-0.4, -0.2) is 36.2 Å². The van der Waals surface area contributed by atoms with Crippen LogP contribution in [0.25, 0.3) is 11.0 Å². The third-order valence-corrected chi connectivity index (χ3v) is 6.66. The first-order valence-corrected chi connectivity index (χ1v) is 12.7. The van der Waals surface area contributed by atoms with Crippen LogP contribution in [0.4, 0.5) is 0 Å². The van der Waals surface area contributed by atoms with Crippen molar-refractivity contribution in [3.63, 3.8) is 0 Å². The maximum absolute atomic E-state index is 13.9. The summed E-state index contributed by atoms with van der Waals surface area (Å²) in [6, 6.07) is 33.4. The lowest BCUT2D eigenvalue weighted by molar-refractivity contribution is -0.123. The molecule has 1 amide bonds. The van der Waals surface area contributed by atoms with Gasteiger partial charge in [0.1, 0.15) is 11.9 Å². The van der Waals surface area contributed by atoms with E-state index in [1.165, 1.54) is 0 Å². The number of para-hydroxylation sites is 2. The van der Waals surface area contributed by atoms with Gasteiger partial charge in [0.05, 0.1) is 25.3 Å². The summed E-state index contributed by atoms with van der Waals surface area (Å²) in [5, 5.41) is 3.18. The van der Waals surface area contributed by atoms with Crippen molar-refractivity contribution in [2.24, 2.45) is 0 Å². The highest BCUT2D eigenvalue weighted by Crippen LogP contribution is 2.29. The number of ether oxygens (including phenoxy) is 2. The topological polar surface area (TPSA) is 65.4 Å². The number of methoxy groups -OCH3 is 2. The second-order valence-electron chi connectivity index (χ2n) is 9.09. The van der Waals surface area contributed by atoms with Gasteiger partial charge in [-0.3, -0.25) is 4.79 Å². The van der Waals surface area contributed by atoms with E-state index in [9.17, 15) is 4.79 Å². The number of carbonyl (C=O) groups excluding carboxylic acids is 1. The second kappa shape index (κ2) is 11.6. The maximum Gasteiger partial charge on any atom is 0.247 e. The molecule has 5 aromatic rings. The Labute approximate surface area is 222 Å². The van der Waals surface area contributed by atoms with Crippen LogP contribution < -0.4 is 14.8 Å². The molecule has 0 spiro atoms. The van der Waals surface area contributed by atoms with E-state index >= 15 is 0 Å². The standard InChI is InChI=1S/C32H31N3O3/c1-37-28-18-17-24(21-29(28)38-2)19-20-33-32(36)31(25-13-7-4-8-14-25)35-27-16-10-9-15-26(27)34-30(35)22-23-11-5-3-6-12-23/h3-18,21,31H,19-20,22H2,1-2H3,(H,33,36). The minimum Gasteiger partial charge on any atom is -0.493 e. The monoisotopic (exact) mass is 505 g/mol. The molecule has 6 nitrogen and oxygen atoms in total. The second-order valence-corrected chi connectivity index (χ2v) is 9.09. The number of hydrogen-bond donors (Lipinski definition) is 1. The van der Waals surface area contributed by atoms with Crippen LogP contribution in [0.2, 0.25) is 0 Å². The van der Waals surface area contributed by atoms with E-state index in [1.54, 1.807) is 14.2 Å². The van der Waals surface area contributed by atoms with Crippen molar-refractivity contribution >= 4 is 16.9 Å². The minimum absolute atomic E-state index is 0.0749. The highest BCUT2D eigenvalue weighted by molar-refractivity contribution is 5.87. The first-order chi connectivity index (χ1) is 18.7. The number of nitrogens with one attached hydrogen (secondary N) is 1. The van der Waals surface area contributed by atoms with Crippen molar-refractivity contribution in [3.8, 4) is 11.5 Å². The number of carbonyl (C=O) groups is 1. The van der Waals surface area contributed by atoms with Gasteiger partial charge in [0.2, 0.25) is 5.91 Å². The number of nitrogens with zero attached hydrogens (tertiary/aromatic N) is 2. The Kier molecular flexibility index (Phi) is 7.69. The fourth-order valence-electron chi connectivity index (χ4n) is 4.80. The van der Waals surface area contributed by atoms with Gasteiger partial charge in [-0.05, 0) is 47.4 Å². The Bertz CT molecular complexity index is 1510. The van der Waals surface area contributed by atoms with Crippen LogP contribution in [0.1, 0.15) is 28.6 Å². The zero-order valence-corrected chi connectivity index (χ0v) is 21.6. The van der Waals surface area contributed by atoms with Crippen LogP contribution in [0.5, 0.6) is 11.5 Å². The van der Waals surface area contributed by atoms with Crippen molar-refractivity contribution in [3.05, 3.63) is 126 Å². The van der Waals surface area contributed by atoms with E-state index in [-0.39, 0.29) is 5.91 Å². The van der Waals surface area contributed by atoms with Gasteiger partial charge in [-0.15, -0.1) is 0 Å². The lowest BCUT2D eigenvalue weighted by Gasteiger charge is -2.22. The third kappa shape index (κ3) is 5.39. The Morgan fingerprint density at radius 2 is 1.50 bits per heavy atom. The molecule has 1 atom stereocenters. The molecule has 1 aromatic heterocycles. The molecule has 38 heavy (non-hydrogen) atoms. The number of aromatic nitrogens is 2. The number of rotatable bonds is 10. The van der Waals surface area contributed by atoms with Crippen molar-refractivity contribution in [2.75, 3.05) is 20.8 Å². The number of benzene rings is 4. The van der Waals surface area contributed by atoms with Gasteiger partial charge in [0.25, 0.3) is 0 Å². The van der Waals surface area contributed by atoms with E-state index in [1.807, 2.05) is 91.0 Å². The number of amides is 1. The van der Waals surface area contributed by atoms with Gasteiger partial charge in [-0.1, -0.05) is 78.9 Å². The molecule has 6 heteroatoms. The van der Waals surface area contributed by atoms with Gasteiger partial charge < -0.3 is 19.4 Å². The van der Waals surface area contributed by atoms with Crippen molar-refractivity contribution < 1.29 is 14.3 Å². The largest absolute Gasteiger partial charge is 0.493 e. The zero-order chi connectivity index (χ0) is 26.3. The Morgan fingerprint density at radius 1 is 0.816 bits per heavy atom. The van der Waals surface area contributed by atoms with Gasteiger partial charge in [0, 0.05) is 13.0 Å². The lowest BCUT2D eigenvalue weighted by Crippen LogP contribution is -2.35. The highest BCUT2D eigenvalue weighted by atomic mass is 16.5. The predicted octanol–water partition coefficient (Wildman–Crippen LogP) is 5.59. The SMILES string of the molecule is COc1ccc(CCNC(=O)C(c2ccccc2)n2c(Cc3ccccc3)nc3ccccc32)cc1OC. The first kappa shape index (κ1) is 25.1. The number of hydrogen-bond acceptors (Lipinski definition) is 4. The van der Waals surface area contributed by atoms with Crippen LogP contribution >= 0.6 is 0 Å². The van der Waals surface area contributed by atoms with Crippen LogP contribution in [0.15, 0.2) is 103 Å². The molecular formula is C32H31N3O3. The summed E-state index contributed by atoms with van der Waals surface area (Å²) in [6.45, 7) is 0.484. The average Bonchev–Trinajstić information content (AvgIpc) is 3.31. The first-order valence-electron chi connectivity index (χ1n) is 12.7. The third-order valence-electron chi connectivity index (χ3n) is 6.66. The van der Waals surface area contributed by atoms with Crippen LogP contribution in [0, 0.1) is 0 Å². The average molecular weight is 506 g/mol. The summed E-state index contributed by atoms with van der Waals surface area (Å²) >= 11 is 0. The molecular weight excluding hydrogens is 474 g/mol. The Morgan fingerprint density at radius 3 is 2.24 bits per heavy atom. The zero-order valence-electron chi connectivity index (χ0n) is 21.6. The molecule has 5 rings (SSSR count). The Balaban J connectivity index is 1.46. The van der Waals surface area contributed by atoms with Crippen molar-refractivity contribution in [1.29, 1.82) is 0 Å². The summed E-state index contributed by atoms with van der Waals surface area (Å²) in [5.41, 5.74) is 4.91. The summed E-state index contributed by atoms with van der Waals surface area (Å²) < 4.78 is 12.9. The van der Waals surface area contributed by atoms with Gasteiger partial charge in [0.15, 0.2) is 11.5 Å². The summed E-state index contributed by atoms with van der Waals surface area (Å²) in [6.07, 6.45) is 1.28. The fraction of sp³-hybridized carbons (Fsp3) is 0.188. The molecule has 0 aliphatic carbocycles. The molecule has 192 valence electrons. The quantitative estimate of drug-likeness (QED) is 0.269. The number of fused-ring (bicyclic) bond motifs is 1. The molecule has 1 unspecified atom stereocenters. The smallest absolute Gasteiger partial charge is 0.247 e. The summed E-state index contributed by atoms with van der Waals surface area (Å²) in [5.74, 6) is 2.13.